The molecule has 1 aromatic heterocycles. The van der Waals surface area contributed by atoms with Gasteiger partial charge in [0.1, 0.15) is 0 Å². The fourth-order valence-corrected chi connectivity index (χ4v) is 2.84. The van der Waals surface area contributed by atoms with E-state index in [1.165, 1.54) is 25.6 Å². The summed E-state index contributed by atoms with van der Waals surface area (Å²) in [5.74, 6) is 0.658. The van der Waals surface area contributed by atoms with Crippen molar-refractivity contribution in [1.82, 2.24) is 4.98 Å². The lowest BCUT2D eigenvalue weighted by Crippen LogP contribution is -2.15. The van der Waals surface area contributed by atoms with E-state index < -0.39 is 0 Å². The maximum atomic E-state index is 12.4. The van der Waals surface area contributed by atoms with Crippen LogP contribution in [0.25, 0.3) is 0 Å². The SMILES string of the molecule is COc1cccc(C(=O)Nc2nc(C(C)(C)C)cs2)c1OC. The first kappa shape index (κ1) is 16.3. The normalized spacial score (nSPS) is 11.1. The number of methoxy groups -OCH3 is 2. The number of aromatic nitrogens is 1. The average Bonchev–Trinajstić information content (AvgIpc) is 2.94. The van der Waals surface area contributed by atoms with E-state index in [0.717, 1.165) is 5.69 Å². The van der Waals surface area contributed by atoms with Gasteiger partial charge in [0.05, 0.1) is 25.5 Å². The molecule has 1 amide bonds. The summed E-state index contributed by atoms with van der Waals surface area (Å²) in [7, 11) is 3.05. The summed E-state index contributed by atoms with van der Waals surface area (Å²) in [6.07, 6.45) is 0. The van der Waals surface area contributed by atoms with Crippen molar-refractivity contribution in [1.29, 1.82) is 0 Å². The highest BCUT2D eigenvalue weighted by Gasteiger charge is 2.20. The van der Waals surface area contributed by atoms with Crippen LogP contribution in [0.1, 0.15) is 36.8 Å². The Hall–Kier alpha value is -2.08. The van der Waals surface area contributed by atoms with Crippen molar-refractivity contribution in [2.45, 2.75) is 26.2 Å². The van der Waals surface area contributed by atoms with Crippen LogP contribution < -0.4 is 14.8 Å². The van der Waals surface area contributed by atoms with Gasteiger partial charge in [-0.2, -0.15) is 0 Å². The molecule has 0 saturated heterocycles. The van der Waals surface area contributed by atoms with Crippen molar-refractivity contribution in [3.05, 3.63) is 34.8 Å². The lowest BCUT2D eigenvalue weighted by atomic mass is 9.93. The van der Waals surface area contributed by atoms with Crippen LogP contribution in [-0.2, 0) is 5.41 Å². The van der Waals surface area contributed by atoms with Crippen LogP contribution in [-0.4, -0.2) is 25.1 Å². The minimum Gasteiger partial charge on any atom is -0.493 e. The molecule has 0 aliphatic heterocycles. The van der Waals surface area contributed by atoms with Crippen LogP contribution in [0.5, 0.6) is 11.5 Å². The summed E-state index contributed by atoms with van der Waals surface area (Å²) in [6.45, 7) is 6.25. The average molecular weight is 320 g/mol. The highest BCUT2D eigenvalue weighted by molar-refractivity contribution is 7.14. The van der Waals surface area contributed by atoms with Crippen molar-refractivity contribution in [3.8, 4) is 11.5 Å². The zero-order valence-electron chi connectivity index (χ0n) is 13.4. The van der Waals surface area contributed by atoms with E-state index >= 15 is 0 Å². The van der Waals surface area contributed by atoms with E-state index in [0.29, 0.717) is 22.2 Å². The number of benzene rings is 1. The van der Waals surface area contributed by atoms with Gasteiger partial charge in [0, 0.05) is 10.8 Å². The van der Waals surface area contributed by atoms with Gasteiger partial charge in [-0.25, -0.2) is 4.98 Å². The molecule has 1 heterocycles. The van der Waals surface area contributed by atoms with Crippen LogP contribution in [0.2, 0.25) is 0 Å². The molecule has 0 spiro atoms. The second-order valence-electron chi connectivity index (χ2n) is 5.78. The molecule has 0 saturated carbocycles. The third kappa shape index (κ3) is 3.39. The highest BCUT2D eigenvalue weighted by Crippen LogP contribution is 2.32. The van der Waals surface area contributed by atoms with E-state index in [4.69, 9.17) is 9.47 Å². The molecule has 5 nitrogen and oxygen atoms in total. The van der Waals surface area contributed by atoms with Crippen LogP contribution in [0, 0.1) is 0 Å². The third-order valence-corrected chi connectivity index (χ3v) is 3.90. The Morgan fingerprint density at radius 3 is 2.50 bits per heavy atom. The topological polar surface area (TPSA) is 60.5 Å². The van der Waals surface area contributed by atoms with Gasteiger partial charge in [0.25, 0.3) is 5.91 Å². The summed E-state index contributed by atoms with van der Waals surface area (Å²) in [5, 5.41) is 5.34. The van der Waals surface area contributed by atoms with Crippen molar-refractivity contribution >= 4 is 22.4 Å². The van der Waals surface area contributed by atoms with Gasteiger partial charge in [-0.15, -0.1) is 11.3 Å². The van der Waals surface area contributed by atoms with E-state index in [1.54, 1.807) is 18.2 Å². The Balaban J connectivity index is 2.25. The summed E-state index contributed by atoms with van der Waals surface area (Å²) in [5.41, 5.74) is 1.31. The molecule has 6 heteroatoms. The summed E-state index contributed by atoms with van der Waals surface area (Å²) in [4.78, 5) is 16.9. The maximum absolute atomic E-state index is 12.4. The van der Waals surface area contributed by atoms with Gasteiger partial charge in [0.15, 0.2) is 16.6 Å². The standard InChI is InChI=1S/C16H20N2O3S/c1-16(2,3)12-9-22-15(17-12)18-14(19)10-7-6-8-11(20-4)13(10)21-5/h6-9H,1-5H3,(H,17,18,19). The number of hydrogen-bond donors (Lipinski definition) is 1. The van der Waals surface area contributed by atoms with Crippen LogP contribution >= 0.6 is 11.3 Å². The fraction of sp³-hybridized carbons (Fsp3) is 0.375. The zero-order valence-corrected chi connectivity index (χ0v) is 14.2. The van der Waals surface area contributed by atoms with Crippen molar-refractivity contribution in [2.75, 3.05) is 19.5 Å². The molecule has 0 radical (unpaired) electrons. The quantitative estimate of drug-likeness (QED) is 0.933. The van der Waals surface area contributed by atoms with Gasteiger partial charge < -0.3 is 9.47 Å². The summed E-state index contributed by atoms with van der Waals surface area (Å²) in [6, 6.07) is 5.18. The number of hydrogen-bond acceptors (Lipinski definition) is 5. The van der Waals surface area contributed by atoms with Gasteiger partial charge in [-0.05, 0) is 12.1 Å². The minimum absolute atomic E-state index is 0.0485. The number of para-hydroxylation sites is 1. The first-order valence-corrected chi connectivity index (χ1v) is 7.73. The molecule has 2 aromatic rings. The predicted octanol–water partition coefficient (Wildman–Crippen LogP) is 3.71. The Kier molecular flexibility index (Phi) is 4.71. The molecular weight excluding hydrogens is 300 g/mol. The summed E-state index contributed by atoms with van der Waals surface area (Å²) < 4.78 is 10.5. The molecular formula is C16H20N2O3S. The molecule has 0 bridgehead atoms. The second kappa shape index (κ2) is 6.36. The summed E-state index contributed by atoms with van der Waals surface area (Å²) >= 11 is 1.41. The molecule has 1 N–H and O–H groups in total. The minimum atomic E-state index is -0.273. The maximum Gasteiger partial charge on any atom is 0.261 e. The number of carbonyl (C=O) groups excluding carboxylic acids is 1. The molecule has 22 heavy (non-hydrogen) atoms. The lowest BCUT2D eigenvalue weighted by molar-refractivity contribution is 0.102. The fourth-order valence-electron chi connectivity index (χ4n) is 1.91. The molecule has 0 unspecified atom stereocenters. The van der Waals surface area contributed by atoms with E-state index in [9.17, 15) is 4.79 Å². The predicted molar refractivity (Wildman–Crippen MR) is 88.3 cm³/mol. The van der Waals surface area contributed by atoms with Crippen molar-refractivity contribution in [3.63, 3.8) is 0 Å². The number of thiazole rings is 1. The molecule has 118 valence electrons. The highest BCUT2D eigenvalue weighted by atomic mass is 32.1. The number of rotatable bonds is 4. The number of carbonyl (C=O) groups is 1. The van der Waals surface area contributed by atoms with Crippen molar-refractivity contribution in [2.24, 2.45) is 0 Å². The molecule has 2 rings (SSSR count). The van der Waals surface area contributed by atoms with Crippen LogP contribution in [0.15, 0.2) is 23.6 Å². The number of amides is 1. The van der Waals surface area contributed by atoms with Crippen LogP contribution in [0.4, 0.5) is 5.13 Å². The smallest absolute Gasteiger partial charge is 0.261 e. The van der Waals surface area contributed by atoms with E-state index in [1.807, 2.05) is 5.38 Å². The number of ether oxygens (including phenoxy) is 2. The van der Waals surface area contributed by atoms with Crippen molar-refractivity contribution < 1.29 is 14.3 Å². The Morgan fingerprint density at radius 2 is 1.95 bits per heavy atom. The third-order valence-electron chi connectivity index (χ3n) is 3.14. The van der Waals surface area contributed by atoms with Gasteiger partial charge in [0.2, 0.25) is 0 Å². The molecule has 1 aromatic carbocycles. The first-order chi connectivity index (χ1) is 10.4. The zero-order chi connectivity index (χ0) is 16.3. The second-order valence-corrected chi connectivity index (χ2v) is 6.64. The largest absolute Gasteiger partial charge is 0.493 e. The van der Waals surface area contributed by atoms with Gasteiger partial charge in [-0.1, -0.05) is 26.8 Å². The van der Waals surface area contributed by atoms with Gasteiger partial charge in [-0.3, -0.25) is 10.1 Å². The number of nitrogens with zero attached hydrogens (tertiary/aromatic N) is 1. The Bertz CT molecular complexity index is 674. The molecule has 0 aliphatic rings. The van der Waals surface area contributed by atoms with E-state index in [2.05, 4.69) is 31.1 Å². The molecule has 0 atom stereocenters. The van der Waals surface area contributed by atoms with Crippen LogP contribution in [0.3, 0.4) is 0 Å². The molecule has 0 fully saturated rings. The van der Waals surface area contributed by atoms with Gasteiger partial charge >= 0.3 is 0 Å². The Labute approximate surface area is 134 Å². The number of nitrogens with one attached hydrogen (secondary N) is 1. The molecule has 0 aliphatic carbocycles. The first-order valence-electron chi connectivity index (χ1n) is 6.85. The van der Waals surface area contributed by atoms with E-state index in [-0.39, 0.29) is 11.3 Å². The number of anilines is 1. The Morgan fingerprint density at radius 1 is 1.23 bits per heavy atom. The lowest BCUT2D eigenvalue weighted by Gasteiger charge is -2.14. The monoisotopic (exact) mass is 320 g/mol.